The van der Waals surface area contributed by atoms with E-state index in [1.807, 2.05) is 20.8 Å². The second-order valence-electron chi connectivity index (χ2n) is 5.31. The van der Waals surface area contributed by atoms with Gasteiger partial charge in [0.2, 0.25) is 5.91 Å². The van der Waals surface area contributed by atoms with Gasteiger partial charge in [-0.05, 0) is 44.5 Å². The number of ether oxygens (including phenoxy) is 1. The smallest absolute Gasteiger partial charge is 0.241 e. The molecular weight excluding hydrogens is 438 g/mol. The van der Waals surface area contributed by atoms with E-state index in [0.717, 1.165) is 6.42 Å². The lowest BCUT2D eigenvalue weighted by molar-refractivity contribution is -0.119. The van der Waals surface area contributed by atoms with Crippen molar-refractivity contribution in [2.24, 2.45) is 4.99 Å². The number of nitrogens with one attached hydrogen (secondary N) is 3. The molecular formula is C17H28FIN4O2. The molecule has 1 aromatic carbocycles. The molecule has 1 amide bonds. The highest BCUT2D eigenvalue weighted by Gasteiger charge is 2.07. The van der Waals surface area contributed by atoms with Gasteiger partial charge < -0.3 is 20.7 Å². The maximum absolute atomic E-state index is 12.9. The van der Waals surface area contributed by atoms with Gasteiger partial charge in [-0.1, -0.05) is 6.92 Å². The molecule has 1 unspecified atom stereocenters. The zero-order valence-corrected chi connectivity index (χ0v) is 17.3. The molecule has 8 heteroatoms. The first kappa shape index (κ1) is 23.4. The van der Waals surface area contributed by atoms with Crippen molar-refractivity contribution in [2.45, 2.75) is 33.3 Å². The number of nitrogens with zero attached hydrogens (tertiary/aromatic N) is 1. The fourth-order valence-electron chi connectivity index (χ4n) is 1.84. The molecule has 0 saturated carbocycles. The maximum atomic E-state index is 12.9. The number of halogens is 2. The van der Waals surface area contributed by atoms with E-state index >= 15 is 0 Å². The number of hydrogen-bond donors (Lipinski definition) is 3. The highest BCUT2D eigenvalue weighted by molar-refractivity contribution is 14.0. The fraction of sp³-hybridized carbons (Fsp3) is 0.529. The molecule has 0 spiro atoms. The summed E-state index contributed by atoms with van der Waals surface area (Å²) in [5.74, 6) is 0.756. The molecule has 0 bridgehead atoms. The first-order chi connectivity index (χ1) is 11.5. The average Bonchev–Trinajstić information content (AvgIpc) is 2.57. The lowest BCUT2D eigenvalue weighted by atomic mass is 10.3. The Balaban J connectivity index is 0.00000576. The number of hydrogen-bond acceptors (Lipinski definition) is 3. The number of carbonyl (C=O) groups excluding carboxylic acids is 1. The SMILES string of the molecule is CCCNC(=O)CN=C(NCC)NCC(C)Oc1ccc(F)cc1.I. The Bertz CT molecular complexity index is 526. The minimum atomic E-state index is -0.295. The van der Waals surface area contributed by atoms with Crippen molar-refractivity contribution in [3.63, 3.8) is 0 Å². The van der Waals surface area contributed by atoms with Crippen molar-refractivity contribution in [1.29, 1.82) is 0 Å². The molecule has 0 fully saturated rings. The van der Waals surface area contributed by atoms with Gasteiger partial charge in [-0.3, -0.25) is 4.79 Å². The summed E-state index contributed by atoms with van der Waals surface area (Å²) in [5.41, 5.74) is 0. The highest BCUT2D eigenvalue weighted by atomic mass is 127. The lowest BCUT2D eigenvalue weighted by Crippen LogP contribution is -2.42. The van der Waals surface area contributed by atoms with Crippen LogP contribution in [0.4, 0.5) is 4.39 Å². The highest BCUT2D eigenvalue weighted by Crippen LogP contribution is 2.12. The van der Waals surface area contributed by atoms with E-state index in [1.165, 1.54) is 12.1 Å². The predicted octanol–water partition coefficient (Wildman–Crippen LogP) is 2.29. The van der Waals surface area contributed by atoms with Gasteiger partial charge in [-0.2, -0.15) is 0 Å². The number of benzene rings is 1. The zero-order chi connectivity index (χ0) is 17.8. The monoisotopic (exact) mass is 466 g/mol. The fourth-order valence-corrected chi connectivity index (χ4v) is 1.84. The summed E-state index contributed by atoms with van der Waals surface area (Å²) in [7, 11) is 0. The van der Waals surface area contributed by atoms with Crippen LogP contribution in [0, 0.1) is 5.82 Å². The predicted molar refractivity (Wildman–Crippen MR) is 109 cm³/mol. The molecule has 0 heterocycles. The van der Waals surface area contributed by atoms with Gasteiger partial charge in [0.05, 0.1) is 6.54 Å². The van der Waals surface area contributed by atoms with Crippen LogP contribution in [0.3, 0.4) is 0 Å². The van der Waals surface area contributed by atoms with Crippen LogP contribution >= 0.6 is 24.0 Å². The molecule has 142 valence electrons. The summed E-state index contributed by atoms with van der Waals surface area (Å²) in [4.78, 5) is 15.8. The topological polar surface area (TPSA) is 74.8 Å². The second-order valence-corrected chi connectivity index (χ2v) is 5.31. The zero-order valence-electron chi connectivity index (χ0n) is 15.0. The van der Waals surface area contributed by atoms with Gasteiger partial charge >= 0.3 is 0 Å². The first-order valence-electron chi connectivity index (χ1n) is 8.26. The van der Waals surface area contributed by atoms with Gasteiger partial charge in [0.25, 0.3) is 0 Å². The Morgan fingerprint density at radius 2 is 1.88 bits per heavy atom. The van der Waals surface area contributed by atoms with Crippen LogP contribution in [-0.2, 0) is 4.79 Å². The summed E-state index contributed by atoms with van der Waals surface area (Å²) < 4.78 is 18.6. The largest absolute Gasteiger partial charge is 0.489 e. The first-order valence-corrected chi connectivity index (χ1v) is 8.26. The Morgan fingerprint density at radius 1 is 1.20 bits per heavy atom. The minimum absolute atomic E-state index is 0. The summed E-state index contributed by atoms with van der Waals surface area (Å²) in [6, 6.07) is 5.89. The van der Waals surface area contributed by atoms with Crippen LogP contribution in [0.25, 0.3) is 0 Å². The Hall–Kier alpha value is -1.58. The quantitative estimate of drug-likeness (QED) is 0.297. The Morgan fingerprint density at radius 3 is 2.48 bits per heavy atom. The van der Waals surface area contributed by atoms with E-state index in [1.54, 1.807) is 12.1 Å². The van der Waals surface area contributed by atoms with Crippen LogP contribution in [0.5, 0.6) is 5.75 Å². The van der Waals surface area contributed by atoms with E-state index in [2.05, 4.69) is 20.9 Å². The molecule has 1 aromatic rings. The molecule has 0 radical (unpaired) electrons. The molecule has 0 saturated heterocycles. The van der Waals surface area contributed by atoms with E-state index in [4.69, 9.17) is 4.74 Å². The maximum Gasteiger partial charge on any atom is 0.241 e. The number of aliphatic imine (C=N–C) groups is 1. The summed E-state index contributed by atoms with van der Waals surface area (Å²) in [6.07, 6.45) is 0.750. The molecule has 25 heavy (non-hydrogen) atoms. The van der Waals surface area contributed by atoms with Crippen LogP contribution < -0.4 is 20.7 Å². The Kier molecular flexibility index (Phi) is 12.8. The van der Waals surface area contributed by atoms with E-state index in [0.29, 0.717) is 31.3 Å². The lowest BCUT2D eigenvalue weighted by Gasteiger charge is -2.17. The average molecular weight is 466 g/mol. The molecule has 0 aromatic heterocycles. The van der Waals surface area contributed by atoms with Gasteiger partial charge in [-0.15, -0.1) is 24.0 Å². The molecule has 0 aliphatic rings. The molecule has 1 atom stereocenters. The third kappa shape index (κ3) is 10.8. The van der Waals surface area contributed by atoms with Crippen molar-refractivity contribution in [3.8, 4) is 5.75 Å². The van der Waals surface area contributed by atoms with E-state index in [9.17, 15) is 9.18 Å². The number of carbonyl (C=O) groups is 1. The van der Waals surface area contributed by atoms with Gasteiger partial charge in [0.1, 0.15) is 24.2 Å². The van der Waals surface area contributed by atoms with Crippen molar-refractivity contribution in [3.05, 3.63) is 30.1 Å². The van der Waals surface area contributed by atoms with Crippen molar-refractivity contribution >= 4 is 35.8 Å². The molecule has 1 rings (SSSR count). The van der Waals surface area contributed by atoms with Gasteiger partial charge in [0, 0.05) is 13.1 Å². The van der Waals surface area contributed by atoms with Crippen LogP contribution in [0.2, 0.25) is 0 Å². The van der Waals surface area contributed by atoms with Crippen LogP contribution in [0.1, 0.15) is 27.2 Å². The standard InChI is InChI=1S/C17H27FN4O2.HI/c1-4-10-20-16(23)12-22-17(19-5-2)21-11-13(3)24-15-8-6-14(18)7-9-15;/h6-9,13H,4-5,10-12H2,1-3H3,(H,20,23)(H2,19,21,22);1H. The van der Waals surface area contributed by atoms with Crippen LogP contribution in [0.15, 0.2) is 29.3 Å². The molecule has 3 N–H and O–H groups in total. The van der Waals surface area contributed by atoms with Crippen LogP contribution in [-0.4, -0.2) is 44.1 Å². The number of guanidine groups is 1. The third-order valence-electron chi connectivity index (χ3n) is 3.01. The summed E-state index contributed by atoms with van der Waals surface area (Å²) in [6.45, 7) is 7.76. The Labute approximate surface area is 166 Å². The molecule has 0 aliphatic heterocycles. The van der Waals surface area contributed by atoms with Gasteiger partial charge in [0.15, 0.2) is 5.96 Å². The second kappa shape index (κ2) is 13.7. The van der Waals surface area contributed by atoms with Gasteiger partial charge in [-0.25, -0.2) is 9.38 Å². The third-order valence-corrected chi connectivity index (χ3v) is 3.01. The summed E-state index contributed by atoms with van der Waals surface area (Å²) >= 11 is 0. The molecule has 0 aliphatic carbocycles. The van der Waals surface area contributed by atoms with Crippen molar-refractivity contribution in [1.82, 2.24) is 16.0 Å². The molecule has 6 nitrogen and oxygen atoms in total. The van der Waals surface area contributed by atoms with E-state index in [-0.39, 0.29) is 48.3 Å². The van der Waals surface area contributed by atoms with Crippen molar-refractivity contribution in [2.75, 3.05) is 26.2 Å². The van der Waals surface area contributed by atoms with E-state index < -0.39 is 0 Å². The van der Waals surface area contributed by atoms with Crippen molar-refractivity contribution < 1.29 is 13.9 Å². The number of rotatable bonds is 9. The summed E-state index contributed by atoms with van der Waals surface area (Å²) in [5, 5.41) is 8.97. The number of amides is 1. The normalized spacial score (nSPS) is 11.9. The minimum Gasteiger partial charge on any atom is -0.489 e.